The lowest BCUT2D eigenvalue weighted by molar-refractivity contribution is 0.0696. The van der Waals surface area contributed by atoms with Crippen molar-refractivity contribution in [3.05, 3.63) is 64.7 Å². The van der Waals surface area contributed by atoms with Crippen molar-refractivity contribution in [2.75, 3.05) is 0 Å². The number of Topliss-reactive ketones (excluding diaryl/α,β-unsaturated/α-hetero) is 1. The van der Waals surface area contributed by atoms with Crippen molar-refractivity contribution in [2.45, 2.75) is 19.4 Å². The van der Waals surface area contributed by atoms with Gasteiger partial charge in [-0.05, 0) is 36.8 Å². The Balaban J connectivity index is 1.96. The summed E-state index contributed by atoms with van der Waals surface area (Å²) in [6.45, 7) is 1.93. The number of carboxylic acids is 1. The number of hydrogen-bond acceptors (Lipinski definition) is 3. The van der Waals surface area contributed by atoms with Gasteiger partial charge in [-0.3, -0.25) is 4.79 Å². The second-order valence-electron chi connectivity index (χ2n) is 5.16. The van der Waals surface area contributed by atoms with Crippen LogP contribution in [0.5, 0.6) is 5.75 Å². The second kappa shape index (κ2) is 5.05. The Bertz CT molecular complexity index is 733. The number of carbonyl (C=O) groups excluding carboxylic acids is 1. The van der Waals surface area contributed by atoms with E-state index in [1.54, 1.807) is 24.3 Å². The molecule has 1 aliphatic heterocycles. The fourth-order valence-corrected chi connectivity index (χ4v) is 2.50. The van der Waals surface area contributed by atoms with Crippen molar-refractivity contribution in [3.8, 4) is 5.75 Å². The lowest BCUT2D eigenvalue weighted by Gasteiger charge is -2.26. The van der Waals surface area contributed by atoms with Gasteiger partial charge in [-0.25, -0.2) is 4.79 Å². The van der Waals surface area contributed by atoms with Gasteiger partial charge in [0.05, 0.1) is 17.5 Å². The maximum atomic E-state index is 12.2. The van der Waals surface area contributed by atoms with Crippen molar-refractivity contribution in [2.24, 2.45) is 0 Å². The zero-order valence-corrected chi connectivity index (χ0v) is 11.5. The van der Waals surface area contributed by atoms with Gasteiger partial charge in [-0.1, -0.05) is 23.8 Å². The highest BCUT2D eigenvalue weighted by atomic mass is 16.5. The summed E-state index contributed by atoms with van der Waals surface area (Å²) >= 11 is 0. The van der Waals surface area contributed by atoms with E-state index in [2.05, 4.69) is 0 Å². The van der Waals surface area contributed by atoms with Crippen LogP contribution in [0.3, 0.4) is 0 Å². The fourth-order valence-electron chi connectivity index (χ4n) is 2.50. The van der Waals surface area contributed by atoms with E-state index in [0.717, 1.165) is 5.56 Å². The van der Waals surface area contributed by atoms with E-state index in [-0.39, 0.29) is 17.8 Å². The van der Waals surface area contributed by atoms with Gasteiger partial charge < -0.3 is 9.84 Å². The lowest BCUT2D eigenvalue weighted by atomic mass is 9.94. The molecule has 1 atom stereocenters. The van der Waals surface area contributed by atoms with Gasteiger partial charge >= 0.3 is 5.97 Å². The van der Waals surface area contributed by atoms with Gasteiger partial charge in [0, 0.05) is 0 Å². The summed E-state index contributed by atoms with van der Waals surface area (Å²) in [5.41, 5.74) is 2.50. The Morgan fingerprint density at radius 2 is 2.05 bits per heavy atom. The van der Waals surface area contributed by atoms with Crippen LogP contribution in [0.15, 0.2) is 42.5 Å². The number of carboxylic acid groups (broad SMARTS) is 1. The molecule has 0 saturated carbocycles. The third-order valence-corrected chi connectivity index (χ3v) is 3.58. The van der Waals surface area contributed by atoms with Crippen LogP contribution in [0.4, 0.5) is 0 Å². The van der Waals surface area contributed by atoms with E-state index in [4.69, 9.17) is 9.84 Å². The monoisotopic (exact) mass is 282 g/mol. The Hall–Kier alpha value is -2.62. The Morgan fingerprint density at radius 3 is 2.81 bits per heavy atom. The van der Waals surface area contributed by atoms with E-state index >= 15 is 0 Å². The first-order valence-corrected chi connectivity index (χ1v) is 6.68. The lowest BCUT2D eigenvalue weighted by Crippen LogP contribution is -2.20. The van der Waals surface area contributed by atoms with E-state index in [1.165, 1.54) is 6.07 Å². The number of rotatable bonds is 2. The van der Waals surface area contributed by atoms with E-state index in [1.807, 2.05) is 19.1 Å². The van der Waals surface area contributed by atoms with Crippen LogP contribution < -0.4 is 4.74 Å². The predicted octanol–water partition coefficient (Wildman–Crippen LogP) is 3.40. The summed E-state index contributed by atoms with van der Waals surface area (Å²) in [4.78, 5) is 23.3. The number of aryl methyl sites for hydroxylation is 1. The van der Waals surface area contributed by atoms with E-state index in [0.29, 0.717) is 16.9 Å². The fraction of sp³-hybridized carbons (Fsp3) is 0.176. The summed E-state index contributed by atoms with van der Waals surface area (Å²) in [6.07, 6.45) is -0.216. The molecule has 0 spiro atoms. The first kappa shape index (κ1) is 13.4. The number of benzene rings is 2. The topological polar surface area (TPSA) is 63.6 Å². The largest absolute Gasteiger partial charge is 0.484 e. The average molecular weight is 282 g/mol. The molecular weight excluding hydrogens is 268 g/mol. The number of carbonyl (C=O) groups is 2. The maximum Gasteiger partial charge on any atom is 0.335 e. The minimum Gasteiger partial charge on any atom is -0.484 e. The highest BCUT2D eigenvalue weighted by Gasteiger charge is 2.28. The van der Waals surface area contributed by atoms with Gasteiger partial charge in [0.25, 0.3) is 0 Å². The minimum atomic E-state index is -0.991. The summed E-state index contributed by atoms with van der Waals surface area (Å²) in [5.74, 6) is -0.414. The van der Waals surface area contributed by atoms with Crippen molar-refractivity contribution in [1.82, 2.24) is 0 Å². The Morgan fingerprint density at radius 1 is 1.24 bits per heavy atom. The van der Waals surface area contributed by atoms with Crippen LogP contribution >= 0.6 is 0 Å². The highest BCUT2D eigenvalue weighted by molar-refractivity contribution is 6.00. The van der Waals surface area contributed by atoms with Gasteiger partial charge in [0.1, 0.15) is 11.9 Å². The molecule has 0 amide bonds. The summed E-state index contributed by atoms with van der Waals surface area (Å²) in [7, 11) is 0. The molecule has 0 aromatic heterocycles. The molecule has 0 fully saturated rings. The van der Waals surface area contributed by atoms with Crippen molar-refractivity contribution in [3.63, 3.8) is 0 Å². The molecule has 0 saturated heterocycles. The van der Waals surface area contributed by atoms with E-state index in [9.17, 15) is 9.59 Å². The summed E-state index contributed by atoms with van der Waals surface area (Å²) < 4.78 is 5.86. The molecule has 0 radical (unpaired) electrons. The normalized spacial score (nSPS) is 17.0. The molecule has 1 unspecified atom stereocenters. The number of aromatic carboxylic acids is 1. The molecule has 2 aromatic rings. The number of ether oxygens (including phenoxy) is 1. The van der Waals surface area contributed by atoms with E-state index < -0.39 is 12.1 Å². The maximum absolute atomic E-state index is 12.2. The zero-order chi connectivity index (χ0) is 15.0. The average Bonchev–Trinajstić information content (AvgIpc) is 2.48. The van der Waals surface area contributed by atoms with Gasteiger partial charge in [0.15, 0.2) is 5.78 Å². The molecule has 0 bridgehead atoms. The SMILES string of the molecule is Cc1ccc2c(c1)C(=O)CC(c1cccc(C(=O)O)c1)O2. The molecule has 1 aliphatic rings. The van der Waals surface area contributed by atoms with Crippen LogP contribution in [0.2, 0.25) is 0 Å². The molecule has 1 N–H and O–H groups in total. The smallest absolute Gasteiger partial charge is 0.335 e. The van der Waals surface area contributed by atoms with Gasteiger partial charge in [-0.2, -0.15) is 0 Å². The molecule has 1 heterocycles. The predicted molar refractivity (Wildman–Crippen MR) is 76.9 cm³/mol. The Labute approximate surface area is 122 Å². The van der Waals surface area contributed by atoms with Gasteiger partial charge in [-0.15, -0.1) is 0 Å². The van der Waals surface area contributed by atoms with Crippen LogP contribution in [0, 0.1) is 6.92 Å². The van der Waals surface area contributed by atoms with Crippen molar-refractivity contribution >= 4 is 11.8 Å². The van der Waals surface area contributed by atoms with Crippen LogP contribution in [-0.4, -0.2) is 16.9 Å². The first-order valence-electron chi connectivity index (χ1n) is 6.68. The third-order valence-electron chi connectivity index (χ3n) is 3.58. The third kappa shape index (κ3) is 2.52. The zero-order valence-electron chi connectivity index (χ0n) is 11.5. The Kier molecular flexibility index (Phi) is 3.22. The second-order valence-corrected chi connectivity index (χ2v) is 5.16. The molecule has 4 nitrogen and oxygen atoms in total. The quantitative estimate of drug-likeness (QED) is 0.917. The molecular formula is C17H14O4. The van der Waals surface area contributed by atoms with Gasteiger partial charge in [0.2, 0.25) is 0 Å². The molecule has 0 aliphatic carbocycles. The van der Waals surface area contributed by atoms with Crippen molar-refractivity contribution < 1.29 is 19.4 Å². The molecule has 2 aromatic carbocycles. The molecule has 4 heteroatoms. The first-order chi connectivity index (χ1) is 10.0. The number of hydrogen-bond donors (Lipinski definition) is 1. The highest BCUT2D eigenvalue weighted by Crippen LogP contribution is 2.35. The van der Waals surface area contributed by atoms with Crippen molar-refractivity contribution in [1.29, 1.82) is 0 Å². The van der Waals surface area contributed by atoms with Crippen LogP contribution in [0.1, 0.15) is 44.4 Å². The molecule has 3 rings (SSSR count). The number of ketones is 1. The summed E-state index contributed by atoms with van der Waals surface area (Å²) in [5, 5.41) is 9.04. The summed E-state index contributed by atoms with van der Waals surface area (Å²) in [6, 6.07) is 12.0. The standard InChI is InChI=1S/C17H14O4/c1-10-5-6-15-13(7-10)14(18)9-16(21-15)11-3-2-4-12(8-11)17(19)20/h2-8,16H,9H2,1H3,(H,19,20). The number of fused-ring (bicyclic) bond motifs is 1. The molecule has 21 heavy (non-hydrogen) atoms. The van der Waals surface area contributed by atoms with Crippen LogP contribution in [0.25, 0.3) is 0 Å². The minimum absolute atomic E-state index is 0.0191. The molecule has 106 valence electrons. The van der Waals surface area contributed by atoms with Crippen LogP contribution in [-0.2, 0) is 0 Å².